The van der Waals surface area contributed by atoms with Gasteiger partial charge in [-0.3, -0.25) is 4.79 Å². The molecule has 0 radical (unpaired) electrons. The number of ether oxygens (including phenoxy) is 1. The van der Waals surface area contributed by atoms with Crippen LogP contribution in [0.2, 0.25) is 0 Å². The third-order valence-corrected chi connectivity index (χ3v) is 5.76. The van der Waals surface area contributed by atoms with E-state index in [1.807, 2.05) is 12.1 Å². The molecule has 1 aliphatic carbocycles. The predicted octanol–water partition coefficient (Wildman–Crippen LogP) is 3.29. The minimum atomic E-state index is -0.240. The molecule has 2 N–H and O–H groups in total. The van der Waals surface area contributed by atoms with Gasteiger partial charge in [0.25, 0.3) is 5.91 Å². The Hall–Kier alpha value is -3.14. The molecule has 1 aromatic heterocycles. The van der Waals surface area contributed by atoms with Gasteiger partial charge in [-0.15, -0.1) is 0 Å². The lowest BCUT2D eigenvalue weighted by atomic mass is 9.78. The zero-order valence-electron chi connectivity index (χ0n) is 15.7. The molecule has 7 nitrogen and oxygen atoms in total. The number of nitrogen functional groups attached to an aromatic ring is 1. The van der Waals surface area contributed by atoms with Crippen LogP contribution >= 0.6 is 0 Å². The Morgan fingerprint density at radius 2 is 1.93 bits per heavy atom. The van der Waals surface area contributed by atoms with E-state index in [0.717, 1.165) is 31.4 Å². The zero-order chi connectivity index (χ0) is 19.5. The average Bonchev–Trinajstić information content (AvgIpc) is 2.89. The number of nitrogens with two attached hydrogens (primary N) is 1. The second-order valence-electron chi connectivity index (χ2n) is 7.42. The molecular weight excluding hydrogens is 354 g/mol. The lowest BCUT2D eigenvalue weighted by Crippen LogP contribution is -2.32. The first-order valence-electron chi connectivity index (χ1n) is 9.69. The van der Waals surface area contributed by atoms with Crippen molar-refractivity contribution in [3.8, 4) is 11.9 Å². The van der Waals surface area contributed by atoms with Crippen LogP contribution in [0.1, 0.15) is 53.9 Å². The lowest BCUT2D eigenvalue weighted by Gasteiger charge is -2.28. The average molecular weight is 377 g/mol. The molecule has 2 aliphatic rings. The summed E-state index contributed by atoms with van der Waals surface area (Å²) in [5.74, 6) is 1.20. The van der Waals surface area contributed by atoms with Crippen LogP contribution in [0.15, 0.2) is 30.6 Å². The van der Waals surface area contributed by atoms with Crippen molar-refractivity contribution in [1.29, 1.82) is 5.26 Å². The van der Waals surface area contributed by atoms with E-state index in [1.165, 1.54) is 11.9 Å². The molecule has 1 saturated carbocycles. The summed E-state index contributed by atoms with van der Waals surface area (Å²) in [6.07, 6.45) is 6.42. The van der Waals surface area contributed by atoms with Gasteiger partial charge in [-0.05, 0) is 55.2 Å². The van der Waals surface area contributed by atoms with Crippen molar-refractivity contribution < 1.29 is 9.53 Å². The molecule has 0 spiro atoms. The van der Waals surface area contributed by atoms with E-state index in [9.17, 15) is 4.79 Å². The third-order valence-electron chi connectivity index (χ3n) is 5.76. The first-order valence-corrected chi connectivity index (χ1v) is 9.69. The van der Waals surface area contributed by atoms with E-state index in [0.29, 0.717) is 31.4 Å². The topological polar surface area (TPSA) is 105 Å². The van der Waals surface area contributed by atoms with Gasteiger partial charge in [0, 0.05) is 12.1 Å². The van der Waals surface area contributed by atoms with E-state index in [4.69, 9.17) is 15.7 Å². The number of nitrogens with zero attached hydrogens (tertiary/aromatic N) is 4. The number of hydrogen-bond donors (Lipinski definition) is 1. The molecule has 2 aromatic rings. The van der Waals surface area contributed by atoms with Crippen molar-refractivity contribution >= 4 is 17.4 Å². The van der Waals surface area contributed by atoms with Crippen LogP contribution in [0.25, 0.3) is 0 Å². The van der Waals surface area contributed by atoms with Gasteiger partial charge < -0.3 is 15.4 Å². The Bertz CT molecular complexity index is 898. The summed E-state index contributed by atoms with van der Waals surface area (Å²) in [5, 5.41) is 8.87. The molecule has 0 saturated heterocycles. The number of nitriles is 1. The van der Waals surface area contributed by atoms with Gasteiger partial charge in [0.1, 0.15) is 24.3 Å². The molecule has 4 rings (SSSR count). The number of benzene rings is 1. The van der Waals surface area contributed by atoms with Crippen molar-refractivity contribution in [2.24, 2.45) is 5.92 Å². The highest BCUT2D eigenvalue weighted by molar-refractivity contribution is 6.10. The second-order valence-corrected chi connectivity index (χ2v) is 7.42. The molecule has 2 heterocycles. The molecule has 1 amide bonds. The second kappa shape index (κ2) is 7.85. The number of carbonyl (C=O) groups is 1. The highest BCUT2D eigenvalue weighted by Crippen LogP contribution is 2.37. The summed E-state index contributed by atoms with van der Waals surface area (Å²) in [5.41, 5.74) is 8.22. The standard InChI is InChI=1S/C21H23N5O2/c22-10-9-14-1-3-15(4-2-14)16-5-7-17(8-6-16)26-11-12-28-20-18(21(26)27)19(23)24-13-25-20/h5-8,13-15H,1-4,9,11-12H2,(H2,23,24,25). The Balaban J connectivity index is 1.51. The van der Waals surface area contributed by atoms with Gasteiger partial charge in [0.2, 0.25) is 5.88 Å². The minimum absolute atomic E-state index is 0.132. The van der Waals surface area contributed by atoms with Crippen LogP contribution in [0.3, 0.4) is 0 Å². The maximum atomic E-state index is 13.0. The van der Waals surface area contributed by atoms with E-state index in [1.54, 1.807) is 4.90 Å². The third kappa shape index (κ3) is 3.50. The molecule has 1 aromatic carbocycles. The minimum Gasteiger partial charge on any atom is -0.475 e. The SMILES string of the molecule is N#CCC1CCC(c2ccc(N3CCOc4ncnc(N)c4C3=O)cc2)CC1. The molecule has 1 fully saturated rings. The predicted molar refractivity (Wildman–Crippen MR) is 105 cm³/mol. The number of aromatic nitrogens is 2. The molecule has 28 heavy (non-hydrogen) atoms. The first kappa shape index (κ1) is 18.2. The van der Waals surface area contributed by atoms with Gasteiger partial charge in [-0.25, -0.2) is 9.97 Å². The van der Waals surface area contributed by atoms with E-state index >= 15 is 0 Å². The fourth-order valence-electron chi connectivity index (χ4n) is 4.16. The molecule has 1 aliphatic heterocycles. The fraction of sp³-hybridized carbons (Fsp3) is 0.429. The number of amides is 1. The molecule has 0 unspecified atom stereocenters. The van der Waals surface area contributed by atoms with Gasteiger partial charge in [0.15, 0.2) is 0 Å². The van der Waals surface area contributed by atoms with E-state index < -0.39 is 0 Å². The number of carbonyl (C=O) groups excluding carboxylic acids is 1. The van der Waals surface area contributed by atoms with Crippen molar-refractivity contribution in [3.05, 3.63) is 41.7 Å². The van der Waals surface area contributed by atoms with Gasteiger partial charge in [-0.2, -0.15) is 5.26 Å². The van der Waals surface area contributed by atoms with Crippen molar-refractivity contribution in [2.45, 2.75) is 38.0 Å². The van der Waals surface area contributed by atoms with Gasteiger partial charge in [-0.1, -0.05) is 12.1 Å². The first-order chi connectivity index (χ1) is 13.7. The number of fused-ring (bicyclic) bond motifs is 1. The number of anilines is 2. The Labute approximate surface area is 164 Å². The van der Waals surface area contributed by atoms with Crippen LogP contribution in [-0.2, 0) is 0 Å². The van der Waals surface area contributed by atoms with Crippen LogP contribution in [0.4, 0.5) is 11.5 Å². The Kier molecular flexibility index (Phi) is 5.11. The number of hydrogen-bond acceptors (Lipinski definition) is 6. The monoisotopic (exact) mass is 377 g/mol. The summed E-state index contributed by atoms with van der Waals surface area (Å²) < 4.78 is 5.58. The van der Waals surface area contributed by atoms with Gasteiger partial charge >= 0.3 is 0 Å². The molecule has 0 atom stereocenters. The maximum absolute atomic E-state index is 13.0. The Morgan fingerprint density at radius 1 is 1.18 bits per heavy atom. The van der Waals surface area contributed by atoms with Crippen LogP contribution in [-0.4, -0.2) is 29.0 Å². The van der Waals surface area contributed by atoms with Crippen LogP contribution in [0.5, 0.6) is 5.88 Å². The van der Waals surface area contributed by atoms with Crippen molar-refractivity contribution in [2.75, 3.05) is 23.8 Å². The number of rotatable bonds is 3. The van der Waals surface area contributed by atoms with Gasteiger partial charge in [0.05, 0.1) is 12.6 Å². The smallest absolute Gasteiger partial charge is 0.267 e. The van der Waals surface area contributed by atoms with Crippen molar-refractivity contribution in [3.63, 3.8) is 0 Å². The molecular formula is C21H23N5O2. The summed E-state index contributed by atoms with van der Waals surface area (Å²) >= 11 is 0. The largest absolute Gasteiger partial charge is 0.475 e. The quantitative estimate of drug-likeness (QED) is 0.880. The molecule has 7 heteroatoms. The normalized spacial score (nSPS) is 22.0. The molecule has 0 bridgehead atoms. The van der Waals surface area contributed by atoms with Crippen LogP contribution < -0.4 is 15.4 Å². The van der Waals surface area contributed by atoms with Crippen molar-refractivity contribution in [1.82, 2.24) is 9.97 Å². The maximum Gasteiger partial charge on any atom is 0.267 e. The summed E-state index contributed by atoms with van der Waals surface area (Å²) in [6, 6.07) is 10.5. The van der Waals surface area contributed by atoms with E-state index in [-0.39, 0.29) is 23.2 Å². The highest BCUT2D eigenvalue weighted by atomic mass is 16.5. The van der Waals surface area contributed by atoms with Crippen LogP contribution in [0, 0.1) is 17.2 Å². The molecule has 144 valence electrons. The summed E-state index contributed by atoms with van der Waals surface area (Å²) in [4.78, 5) is 22.6. The zero-order valence-corrected chi connectivity index (χ0v) is 15.7. The lowest BCUT2D eigenvalue weighted by molar-refractivity contribution is 0.0990. The Morgan fingerprint density at radius 3 is 2.64 bits per heavy atom. The highest BCUT2D eigenvalue weighted by Gasteiger charge is 2.29. The summed E-state index contributed by atoms with van der Waals surface area (Å²) in [7, 11) is 0. The van der Waals surface area contributed by atoms with E-state index in [2.05, 4.69) is 28.2 Å². The fourth-order valence-corrected chi connectivity index (χ4v) is 4.16. The summed E-state index contributed by atoms with van der Waals surface area (Å²) in [6.45, 7) is 0.771.